The number of hydrogen-bond donors (Lipinski definition) is 0. The van der Waals surface area contributed by atoms with Crippen LogP contribution in [-0.4, -0.2) is 41.7 Å². The minimum atomic E-state index is -0.787. The fourth-order valence-corrected chi connectivity index (χ4v) is 1.61. The number of amides is 1. The molecule has 0 aliphatic carbocycles. The molecule has 0 bridgehead atoms. The lowest BCUT2D eigenvalue weighted by Crippen LogP contribution is -2.35. The molecule has 1 aromatic carbocycles. The topological polar surface area (TPSA) is 89.7 Å². The van der Waals surface area contributed by atoms with E-state index in [4.69, 9.17) is 4.74 Å². The van der Waals surface area contributed by atoms with Crippen molar-refractivity contribution in [1.82, 2.24) is 4.90 Å². The summed E-state index contributed by atoms with van der Waals surface area (Å²) in [6.45, 7) is 2.83. The Balaban J connectivity index is 3.09. The van der Waals surface area contributed by atoms with Crippen LogP contribution in [0.5, 0.6) is 5.75 Å². The number of nitro benzene ring substituents is 1. The third-order valence-corrected chi connectivity index (χ3v) is 2.65. The maximum absolute atomic E-state index is 11.7. The van der Waals surface area contributed by atoms with Gasteiger partial charge in [-0.1, -0.05) is 0 Å². The molecule has 0 aliphatic rings. The standard InChI is InChI=1S/C13H16N2O5/c1-8(16)11-7-10(15(18)19)5-6-12(11)20-9(2)13(17)14(3)4/h5-7,9H,1-4H3. The highest BCUT2D eigenvalue weighted by atomic mass is 16.6. The Morgan fingerprint density at radius 2 is 1.95 bits per heavy atom. The van der Waals surface area contributed by atoms with Crippen molar-refractivity contribution < 1.29 is 19.2 Å². The molecule has 0 aromatic heterocycles. The highest BCUT2D eigenvalue weighted by Gasteiger charge is 2.21. The zero-order valence-corrected chi connectivity index (χ0v) is 11.7. The van der Waals surface area contributed by atoms with Crippen LogP contribution in [0, 0.1) is 10.1 Å². The van der Waals surface area contributed by atoms with Gasteiger partial charge in [-0.2, -0.15) is 0 Å². The first-order valence-electron chi connectivity index (χ1n) is 5.91. The van der Waals surface area contributed by atoms with Crippen LogP contribution in [-0.2, 0) is 4.79 Å². The van der Waals surface area contributed by atoms with Crippen LogP contribution >= 0.6 is 0 Å². The molecule has 1 aromatic rings. The van der Waals surface area contributed by atoms with Crippen molar-refractivity contribution >= 4 is 17.4 Å². The molecule has 0 heterocycles. The number of carbonyl (C=O) groups excluding carboxylic acids is 2. The fourth-order valence-electron chi connectivity index (χ4n) is 1.61. The monoisotopic (exact) mass is 280 g/mol. The highest BCUT2D eigenvalue weighted by Crippen LogP contribution is 2.25. The summed E-state index contributed by atoms with van der Waals surface area (Å²) in [7, 11) is 3.17. The van der Waals surface area contributed by atoms with Crippen molar-refractivity contribution in [2.45, 2.75) is 20.0 Å². The predicted molar refractivity (Wildman–Crippen MR) is 71.9 cm³/mol. The Morgan fingerprint density at radius 1 is 1.35 bits per heavy atom. The molecule has 0 saturated carbocycles. The van der Waals surface area contributed by atoms with Crippen molar-refractivity contribution in [2.24, 2.45) is 0 Å². The largest absolute Gasteiger partial charge is 0.480 e. The molecule has 0 saturated heterocycles. The summed E-state index contributed by atoms with van der Waals surface area (Å²) in [5, 5.41) is 10.7. The van der Waals surface area contributed by atoms with Crippen LogP contribution < -0.4 is 4.74 Å². The van der Waals surface area contributed by atoms with E-state index in [0.29, 0.717) is 0 Å². The summed E-state index contributed by atoms with van der Waals surface area (Å²) in [5.41, 5.74) is -0.119. The van der Waals surface area contributed by atoms with Gasteiger partial charge in [-0.3, -0.25) is 19.7 Å². The Bertz CT molecular complexity index is 554. The van der Waals surface area contributed by atoms with Crippen molar-refractivity contribution in [1.29, 1.82) is 0 Å². The average molecular weight is 280 g/mol. The van der Waals surface area contributed by atoms with Crippen molar-refractivity contribution in [3.63, 3.8) is 0 Å². The second kappa shape index (κ2) is 6.14. The van der Waals surface area contributed by atoms with Gasteiger partial charge in [-0.15, -0.1) is 0 Å². The van der Waals surface area contributed by atoms with E-state index >= 15 is 0 Å². The quantitative estimate of drug-likeness (QED) is 0.464. The van der Waals surface area contributed by atoms with E-state index in [1.807, 2.05) is 0 Å². The Morgan fingerprint density at radius 3 is 2.40 bits per heavy atom. The third kappa shape index (κ3) is 3.53. The number of nitrogens with zero attached hydrogens (tertiary/aromatic N) is 2. The van der Waals surface area contributed by atoms with Crippen LogP contribution in [0.2, 0.25) is 0 Å². The lowest BCUT2D eigenvalue weighted by Gasteiger charge is -2.19. The molecular formula is C13H16N2O5. The first-order valence-corrected chi connectivity index (χ1v) is 5.91. The van der Waals surface area contributed by atoms with Crippen molar-refractivity contribution in [3.8, 4) is 5.75 Å². The zero-order valence-electron chi connectivity index (χ0n) is 11.7. The average Bonchev–Trinajstić information content (AvgIpc) is 2.37. The highest BCUT2D eigenvalue weighted by molar-refractivity contribution is 5.97. The maximum Gasteiger partial charge on any atom is 0.270 e. The van der Waals surface area contributed by atoms with Crippen LogP contribution in [0.1, 0.15) is 24.2 Å². The van der Waals surface area contributed by atoms with Gasteiger partial charge in [0.05, 0.1) is 10.5 Å². The molecule has 0 spiro atoms. The molecule has 0 fully saturated rings. The summed E-state index contributed by atoms with van der Waals surface area (Å²) in [5.74, 6) is -0.475. The molecule has 20 heavy (non-hydrogen) atoms. The summed E-state index contributed by atoms with van der Waals surface area (Å²) < 4.78 is 5.43. The van der Waals surface area contributed by atoms with Crippen LogP contribution in [0.25, 0.3) is 0 Å². The number of likely N-dealkylation sites (N-methyl/N-ethyl adjacent to an activating group) is 1. The van der Waals surface area contributed by atoms with Gasteiger partial charge in [0.2, 0.25) is 0 Å². The van der Waals surface area contributed by atoms with E-state index in [2.05, 4.69) is 0 Å². The SMILES string of the molecule is CC(=O)c1cc([N+](=O)[O-])ccc1OC(C)C(=O)N(C)C. The molecule has 0 aliphatic heterocycles. The predicted octanol–water partition coefficient (Wildman–Crippen LogP) is 1.65. The lowest BCUT2D eigenvalue weighted by molar-refractivity contribution is -0.384. The van der Waals surface area contributed by atoms with Crippen molar-refractivity contribution in [3.05, 3.63) is 33.9 Å². The molecular weight excluding hydrogens is 264 g/mol. The van der Waals surface area contributed by atoms with Gasteiger partial charge in [-0.05, 0) is 19.9 Å². The zero-order chi connectivity index (χ0) is 15.4. The smallest absolute Gasteiger partial charge is 0.270 e. The van der Waals surface area contributed by atoms with E-state index in [-0.39, 0.29) is 28.7 Å². The Hall–Kier alpha value is -2.44. The number of nitro groups is 1. The number of Topliss-reactive ketones (excluding diaryl/α,β-unsaturated/α-hetero) is 1. The molecule has 0 N–H and O–H groups in total. The van der Waals surface area contributed by atoms with E-state index in [9.17, 15) is 19.7 Å². The number of non-ortho nitro benzene ring substituents is 1. The van der Waals surface area contributed by atoms with Gasteiger partial charge in [0.15, 0.2) is 11.9 Å². The second-order valence-electron chi connectivity index (χ2n) is 4.49. The van der Waals surface area contributed by atoms with Gasteiger partial charge in [-0.25, -0.2) is 0 Å². The summed E-state index contributed by atoms with van der Waals surface area (Å²) in [6.07, 6.45) is -0.787. The molecule has 1 unspecified atom stereocenters. The maximum atomic E-state index is 11.7. The molecule has 1 rings (SSSR count). The summed E-state index contributed by atoms with van der Waals surface area (Å²) >= 11 is 0. The summed E-state index contributed by atoms with van der Waals surface area (Å²) in [4.78, 5) is 34.7. The van der Waals surface area contributed by atoms with Crippen LogP contribution in [0.3, 0.4) is 0 Å². The Kier molecular flexibility index (Phi) is 4.79. The molecule has 7 nitrogen and oxygen atoms in total. The summed E-state index contributed by atoms with van der Waals surface area (Å²) in [6, 6.07) is 3.70. The van der Waals surface area contributed by atoms with E-state index < -0.39 is 11.0 Å². The van der Waals surface area contributed by atoms with E-state index in [1.165, 1.54) is 24.0 Å². The van der Waals surface area contributed by atoms with Gasteiger partial charge in [0.25, 0.3) is 11.6 Å². The molecule has 7 heteroatoms. The lowest BCUT2D eigenvalue weighted by atomic mass is 10.1. The van der Waals surface area contributed by atoms with Gasteiger partial charge in [0, 0.05) is 26.2 Å². The van der Waals surface area contributed by atoms with Crippen LogP contribution in [0.4, 0.5) is 5.69 Å². The Labute approximate surface area is 116 Å². The minimum absolute atomic E-state index is 0.0811. The number of rotatable bonds is 5. The number of benzene rings is 1. The number of hydrogen-bond acceptors (Lipinski definition) is 5. The molecule has 108 valence electrons. The first kappa shape index (κ1) is 15.6. The van der Waals surface area contributed by atoms with Gasteiger partial charge in [0.1, 0.15) is 5.75 Å². The number of ketones is 1. The van der Waals surface area contributed by atoms with E-state index in [1.54, 1.807) is 21.0 Å². The fraction of sp³-hybridized carbons (Fsp3) is 0.385. The minimum Gasteiger partial charge on any atom is -0.480 e. The molecule has 1 amide bonds. The van der Waals surface area contributed by atoms with Gasteiger partial charge >= 0.3 is 0 Å². The van der Waals surface area contributed by atoms with E-state index in [0.717, 1.165) is 6.07 Å². The van der Waals surface area contributed by atoms with Crippen molar-refractivity contribution in [2.75, 3.05) is 14.1 Å². The molecule has 0 radical (unpaired) electrons. The number of ether oxygens (including phenoxy) is 1. The first-order chi connectivity index (χ1) is 9.23. The second-order valence-corrected chi connectivity index (χ2v) is 4.49. The third-order valence-electron chi connectivity index (χ3n) is 2.65. The number of carbonyl (C=O) groups is 2. The normalized spacial score (nSPS) is 11.6. The van der Waals surface area contributed by atoms with Gasteiger partial charge < -0.3 is 9.64 Å². The molecule has 1 atom stereocenters. The van der Waals surface area contributed by atoms with Crippen LogP contribution in [0.15, 0.2) is 18.2 Å².